The summed E-state index contributed by atoms with van der Waals surface area (Å²) in [5.74, 6) is 2.99. The van der Waals surface area contributed by atoms with Gasteiger partial charge in [0.15, 0.2) is 0 Å². The quantitative estimate of drug-likeness (QED) is 0.724. The second-order valence-electron chi connectivity index (χ2n) is 6.40. The van der Waals surface area contributed by atoms with Gasteiger partial charge in [0.05, 0.1) is 5.60 Å². The van der Waals surface area contributed by atoms with Crippen LogP contribution in [0, 0.1) is 17.8 Å². The molecule has 2 N–H and O–H groups in total. The van der Waals surface area contributed by atoms with Gasteiger partial charge in [-0.25, -0.2) is 0 Å². The van der Waals surface area contributed by atoms with Crippen molar-refractivity contribution in [1.29, 1.82) is 0 Å². The van der Waals surface area contributed by atoms with Crippen LogP contribution in [0.3, 0.4) is 0 Å². The maximum Gasteiger partial charge on any atom is 0.0771 e. The monoisotopic (exact) mass is 223 g/mol. The molecule has 0 bridgehead atoms. The molecule has 0 saturated heterocycles. The van der Waals surface area contributed by atoms with Gasteiger partial charge in [0.2, 0.25) is 0 Å². The van der Waals surface area contributed by atoms with Gasteiger partial charge in [-0.15, -0.1) is 0 Å². The number of hydrogen-bond acceptors (Lipinski definition) is 2. The summed E-state index contributed by atoms with van der Waals surface area (Å²) in [7, 11) is 0. The first kappa shape index (κ1) is 11.0. The SMILES string of the molecule is OC1(CNCC(C2CC2)C2CC2)CCCC1. The van der Waals surface area contributed by atoms with Crippen molar-refractivity contribution < 1.29 is 5.11 Å². The molecule has 0 aromatic heterocycles. The average Bonchev–Trinajstić information content (AvgIpc) is 3.16. The molecule has 0 aliphatic heterocycles. The van der Waals surface area contributed by atoms with E-state index in [1.807, 2.05) is 0 Å². The molecular formula is C14H25NO. The number of hydrogen-bond donors (Lipinski definition) is 2. The van der Waals surface area contributed by atoms with Gasteiger partial charge in [-0.2, -0.15) is 0 Å². The van der Waals surface area contributed by atoms with Crippen LogP contribution in [0.2, 0.25) is 0 Å². The molecule has 0 heterocycles. The van der Waals surface area contributed by atoms with Gasteiger partial charge in [0.25, 0.3) is 0 Å². The molecule has 3 fully saturated rings. The van der Waals surface area contributed by atoms with E-state index in [4.69, 9.17) is 0 Å². The van der Waals surface area contributed by atoms with Crippen LogP contribution in [0.15, 0.2) is 0 Å². The standard InChI is InChI=1S/C14H25NO/c16-14(7-1-2-8-14)10-15-9-13(11-3-4-11)12-5-6-12/h11-13,15-16H,1-10H2. The lowest BCUT2D eigenvalue weighted by Gasteiger charge is -2.24. The second kappa shape index (κ2) is 4.30. The third-order valence-corrected chi connectivity index (χ3v) is 4.82. The zero-order valence-electron chi connectivity index (χ0n) is 10.3. The fourth-order valence-corrected chi connectivity index (χ4v) is 3.45. The Kier molecular flexibility index (Phi) is 2.97. The van der Waals surface area contributed by atoms with Crippen LogP contribution in [0.4, 0.5) is 0 Å². The minimum absolute atomic E-state index is 0.363. The summed E-state index contributed by atoms with van der Waals surface area (Å²) in [5, 5.41) is 13.8. The van der Waals surface area contributed by atoms with E-state index >= 15 is 0 Å². The Morgan fingerprint density at radius 2 is 1.62 bits per heavy atom. The lowest BCUT2D eigenvalue weighted by Crippen LogP contribution is -2.40. The Balaban J connectivity index is 1.41. The summed E-state index contributed by atoms with van der Waals surface area (Å²) in [6.45, 7) is 2.00. The Labute approximate surface area is 98.8 Å². The highest BCUT2D eigenvalue weighted by atomic mass is 16.3. The zero-order chi connectivity index (χ0) is 11.0. The van der Waals surface area contributed by atoms with Gasteiger partial charge in [-0.05, 0) is 62.8 Å². The third-order valence-electron chi connectivity index (χ3n) is 4.82. The predicted octanol–water partition coefficient (Wildman–Crippen LogP) is 2.32. The van der Waals surface area contributed by atoms with Crippen molar-refractivity contribution in [2.45, 2.75) is 57.0 Å². The molecule has 92 valence electrons. The van der Waals surface area contributed by atoms with Crippen molar-refractivity contribution in [3.63, 3.8) is 0 Å². The highest BCUT2D eigenvalue weighted by Crippen LogP contribution is 2.48. The predicted molar refractivity (Wildman–Crippen MR) is 65.2 cm³/mol. The first-order valence-electron chi connectivity index (χ1n) is 7.20. The number of nitrogens with one attached hydrogen (secondary N) is 1. The molecule has 0 amide bonds. The molecule has 3 aliphatic rings. The Bertz CT molecular complexity index is 227. The smallest absolute Gasteiger partial charge is 0.0771 e. The van der Waals surface area contributed by atoms with E-state index in [-0.39, 0.29) is 5.60 Å². The number of rotatable bonds is 6. The van der Waals surface area contributed by atoms with Crippen LogP contribution < -0.4 is 5.32 Å². The summed E-state index contributed by atoms with van der Waals surface area (Å²) in [6, 6.07) is 0. The molecule has 0 atom stereocenters. The van der Waals surface area contributed by atoms with E-state index in [0.29, 0.717) is 0 Å². The minimum Gasteiger partial charge on any atom is -0.389 e. The fraction of sp³-hybridized carbons (Fsp3) is 1.00. The van der Waals surface area contributed by atoms with E-state index < -0.39 is 0 Å². The topological polar surface area (TPSA) is 32.3 Å². The largest absolute Gasteiger partial charge is 0.389 e. The molecule has 16 heavy (non-hydrogen) atoms. The lowest BCUT2D eigenvalue weighted by molar-refractivity contribution is 0.0463. The molecule has 2 nitrogen and oxygen atoms in total. The average molecular weight is 223 g/mol. The van der Waals surface area contributed by atoms with Crippen LogP contribution in [0.1, 0.15) is 51.4 Å². The molecule has 3 saturated carbocycles. The molecule has 2 heteroatoms. The molecular weight excluding hydrogens is 198 g/mol. The van der Waals surface area contributed by atoms with Crippen molar-refractivity contribution in [2.24, 2.45) is 17.8 Å². The molecule has 3 rings (SSSR count). The van der Waals surface area contributed by atoms with Crippen LogP contribution in [0.25, 0.3) is 0 Å². The lowest BCUT2D eigenvalue weighted by atomic mass is 9.97. The van der Waals surface area contributed by atoms with Gasteiger partial charge in [0.1, 0.15) is 0 Å². The Morgan fingerprint density at radius 1 is 1.06 bits per heavy atom. The van der Waals surface area contributed by atoms with E-state index in [0.717, 1.165) is 43.7 Å². The van der Waals surface area contributed by atoms with E-state index in [9.17, 15) is 5.11 Å². The molecule has 0 unspecified atom stereocenters. The van der Waals surface area contributed by atoms with Gasteiger partial charge >= 0.3 is 0 Å². The van der Waals surface area contributed by atoms with Gasteiger partial charge < -0.3 is 10.4 Å². The molecule has 0 spiro atoms. The summed E-state index contributed by atoms with van der Waals surface area (Å²) in [5.41, 5.74) is -0.363. The van der Waals surface area contributed by atoms with Gasteiger partial charge in [-0.3, -0.25) is 0 Å². The molecule has 0 radical (unpaired) electrons. The molecule has 0 aromatic carbocycles. The van der Waals surface area contributed by atoms with Crippen LogP contribution >= 0.6 is 0 Å². The normalized spacial score (nSPS) is 28.9. The summed E-state index contributed by atoms with van der Waals surface area (Å²) in [6.07, 6.45) is 10.3. The third kappa shape index (κ3) is 2.60. The van der Waals surface area contributed by atoms with Crippen LogP contribution in [-0.2, 0) is 0 Å². The van der Waals surface area contributed by atoms with Gasteiger partial charge in [-0.1, -0.05) is 12.8 Å². The molecule has 0 aromatic rings. The highest BCUT2D eigenvalue weighted by Gasteiger charge is 2.41. The summed E-state index contributed by atoms with van der Waals surface area (Å²) >= 11 is 0. The first-order chi connectivity index (χ1) is 7.77. The summed E-state index contributed by atoms with van der Waals surface area (Å²) in [4.78, 5) is 0. The van der Waals surface area contributed by atoms with E-state index in [1.165, 1.54) is 38.5 Å². The second-order valence-corrected chi connectivity index (χ2v) is 6.40. The van der Waals surface area contributed by atoms with Crippen molar-refractivity contribution in [3.05, 3.63) is 0 Å². The van der Waals surface area contributed by atoms with Crippen molar-refractivity contribution in [3.8, 4) is 0 Å². The minimum atomic E-state index is -0.363. The Morgan fingerprint density at radius 3 is 2.12 bits per heavy atom. The maximum absolute atomic E-state index is 10.3. The fourth-order valence-electron chi connectivity index (χ4n) is 3.45. The Hall–Kier alpha value is -0.0800. The van der Waals surface area contributed by atoms with Crippen molar-refractivity contribution >= 4 is 0 Å². The van der Waals surface area contributed by atoms with E-state index in [2.05, 4.69) is 5.32 Å². The summed E-state index contributed by atoms with van der Waals surface area (Å²) < 4.78 is 0. The van der Waals surface area contributed by atoms with Crippen molar-refractivity contribution in [2.75, 3.05) is 13.1 Å². The van der Waals surface area contributed by atoms with Crippen LogP contribution in [0.5, 0.6) is 0 Å². The number of aliphatic hydroxyl groups is 1. The molecule has 3 aliphatic carbocycles. The van der Waals surface area contributed by atoms with Crippen LogP contribution in [-0.4, -0.2) is 23.8 Å². The van der Waals surface area contributed by atoms with E-state index in [1.54, 1.807) is 0 Å². The van der Waals surface area contributed by atoms with Crippen molar-refractivity contribution in [1.82, 2.24) is 5.32 Å². The van der Waals surface area contributed by atoms with Gasteiger partial charge in [0, 0.05) is 6.54 Å². The first-order valence-corrected chi connectivity index (χ1v) is 7.20. The zero-order valence-corrected chi connectivity index (χ0v) is 10.3. The highest BCUT2D eigenvalue weighted by molar-refractivity contribution is 4.93. The maximum atomic E-state index is 10.3.